The van der Waals surface area contributed by atoms with E-state index in [9.17, 15) is 4.79 Å². The van der Waals surface area contributed by atoms with Crippen molar-refractivity contribution in [1.82, 2.24) is 5.32 Å². The summed E-state index contributed by atoms with van der Waals surface area (Å²) >= 11 is 11.9. The van der Waals surface area contributed by atoms with E-state index >= 15 is 0 Å². The van der Waals surface area contributed by atoms with Gasteiger partial charge in [-0.15, -0.1) is 11.6 Å². The fourth-order valence-corrected chi connectivity index (χ4v) is 2.40. The van der Waals surface area contributed by atoms with Gasteiger partial charge in [0.25, 0.3) is 5.91 Å². The number of aryl methyl sites for hydroxylation is 1. The maximum atomic E-state index is 12.3. The van der Waals surface area contributed by atoms with Crippen LogP contribution in [0.4, 0.5) is 0 Å². The highest BCUT2D eigenvalue weighted by Gasteiger charge is 2.16. The fourth-order valence-electron chi connectivity index (χ4n) is 1.97. The first kappa shape index (κ1) is 14.9. The summed E-state index contributed by atoms with van der Waals surface area (Å²) in [6.07, 6.45) is 0. The fraction of sp³-hybridized carbons (Fsp3) is 0.188. The maximum absolute atomic E-state index is 12.3. The summed E-state index contributed by atoms with van der Waals surface area (Å²) in [7, 11) is 0. The third-order valence-corrected chi connectivity index (χ3v) is 3.65. The summed E-state index contributed by atoms with van der Waals surface area (Å²) in [6.45, 7) is 1.88. The minimum absolute atomic E-state index is 0.167. The lowest BCUT2D eigenvalue weighted by Crippen LogP contribution is -2.30. The number of rotatable bonds is 4. The zero-order chi connectivity index (χ0) is 14.5. The Morgan fingerprint density at radius 1 is 1.20 bits per heavy atom. The minimum atomic E-state index is -0.219. The van der Waals surface area contributed by atoms with Crippen LogP contribution in [0.15, 0.2) is 48.5 Å². The normalized spacial score (nSPS) is 11.9. The van der Waals surface area contributed by atoms with Crippen LogP contribution in [0.25, 0.3) is 0 Å². The zero-order valence-electron chi connectivity index (χ0n) is 11.1. The van der Waals surface area contributed by atoms with Crippen molar-refractivity contribution in [2.45, 2.75) is 13.0 Å². The standard InChI is InChI=1S/C16H15Cl2NO/c1-11-7-8-13(18)9-14(11)16(20)19-15(10-17)12-5-3-2-4-6-12/h2-9,15H,10H2,1H3,(H,19,20). The highest BCUT2D eigenvalue weighted by atomic mass is 35.5. The Kier molecular flexibility index (Phi) is 5.05. The molecule has 1 atom stereocenters. The van der Waals surface area contributed by atoms with E-state index in [0.717, 1.165) is 11.1 Å². The third-order valence-electron chi connectivity index (χ3n) is 3.11. The Bertz CT molecular complexity index is 599. The SMILES string of the molecule is Cc1ccc(Cl)cc1C(=O)NC(CCl)c1ccccc1. The van der Waals surface area contributed by atoms with Crippen molar-refractivity contribution in [3.63, 3.8) is 0 Å². The van der Waals surface area contributed by atoms with Gasteiger partial charge in [-0.25, -0.2) is 0 Å². The third kappa shape index (κ3) is 3.53. The van der Waals surface area contributed by atoms with Crippen LogP contribution >= 0.6 is 23.2 Å². The summed E-state index contributed by atoms with van der Waals surface area (Å²) in [5, 5.41) is 3.48. The molecule has 0 radical (unpaired) electrons. The van der Waals surface area contributed by atoms with E-state index in [2.05, 4.69) is 5.32 Å². The van der Waals surface area contributed by atoms with Crippen molar-refractivity contribution in [2.24, 2.45) is 0 Å². The van der Waals surface area contributed by atoms with Gasteiger partial charge in [0.05, 0.1) is 6.04 Å². The Morgan fingerprint density at radius 2 is 1.90 bits per heavy atom. The van der Waals surface area contributed by atoms with Crippen LogP contribution in [0.3, 0.4) is 0 Å². The maximum Gasteiger partial charge on any atom is 0.252 e. The molecule has 0 aliphatic rings. The number of amides is 1. The molecule has 2 nitrogen and oxygen atoms in total. The lowest BCUT2D eigenvalue weighted by atomic mass is 10.1. The van der Waals surface area contributed by atoms with Crippen LogP contribution in [0.5, 0.6) is 0 Å². The highest BCUT2D eigenvalue weighted by Crippen LogP contribution is 2.18. The summed E-state index contributed by atoms with van der Waals surface area (Å²) in [5.41, 5.74) is 2.44. The molecule has 0 fully saturated rings. The first-order valence-electron chi connectivity index (χ1n) is 6.29. The number of nitrogens with one attached hydrogen (secondary N) is 1. The summed E-state index contributed by atoms with van der Waals surface area (Å²) < 4.78 is 0. The number of carbonyl (C=O) groups excluding carboxylic acids is 1. The average Bonchev–Trinajstić information content (AvgIpc) is 2.48. The first-order valence-corrected chi connectivity index (χ1v) is 7.21. The number of halogens is 2. The van der Waals surface area contributed by atoms with Crippen molar-refractivity contribution in [2.75, 3.05) is 5.88 Å². The van der Waals surface area contributed by atoms with Crippen LogP contribution in [0, 0.1) is 6.92 Å². The molecule has 0 saturated heterocycles. The van der Waals surface area contributed by atoms with E-state index in [0.29, 0.717) is 16.5 Å². The van der Waals surface area contributed by atoms with E-state index in [1.54, 1.807) is 12.1 Å². The number of benzene rings is 2. The van der Waals surface area contributed by atoms with Gasteiger partial charge < -0.3 is 5.32 Å². The van der Waals surface area contributed by atoms with Gasteiger partial charge in [0, 0.05) is 16.5 Å². The molecule has 0 saturated carbocycles. The van der Waals surface area contributed by atoms with Gasteiger partial charge in [-0.1, -0.05) is 48.0 Å². The molecule has 20 heavy (non-hydrogen) atoms. The van der Waals surface area contributed by atoms with E-state index in [1.165, 1.54) is 0 Å². The quantitative estimate of drug-likeness (QED) is 0.836. The molecule has 0 aliphatic carbocycles. The van der Waals surface area contributed by atoms with Gasteiger partial charge >= 0.3 is 0 Å². The number of carbonyl (C=O) groups is 1. The van der Waals surface area contributed by atoms with E-state index < -0.39 is 0 Å². The van der Waals surface area contributed by atoms with Gasteiger partial charge in [0.15, 0.2) is 0 Å². The molecule has 1 N–H and O–H groups in total. The van der Waals surface area contributed by atoms with Gasteiger partial charge in [0.2, 0.25) is 0 Å². The Balaban J connectivity index is 2.20. The second-order valence-electron chi connectivity index (χ2n) is 4.55. The highest BCUT2D eigenvalue weighted by molar-refractivity contribution is 6.31. The van der Waals surface area contributed by atoms with Crippen molar-refractivity contribution >= 4 is 29.1 Å². The number of hydrogen-bond donors (Lipinski definition) is 1. The number of hydrogen-bond acceptors (Lipinski definition) is 1. The molecule has 0 heterocycles. The largest absolute Gasteiger partial charge is 0.344 e. The van der Waals surface area contributed by atoms with Crippen molar-refractivity contribution in [1.29, 1.82) is 0 Å². The molecule has 0 aromatic heterocycles. The topological polar surface area (TPSA) is 29.1 Å². The Morgan fingerprint density at radius 3 is 2.55 bits per heavy atom. The lowest BCUT2D eigenvalue weighted by Gasteiger charge is -2.17. The van der Waals surface area contributed by atoms with Gasteiger partial charge in [0.1, 0.15) is 0 Å². The molecule has 1 unspecified atom stereocenters. The van der Waals surface area contributed by atoms with Crippen LogP contribution < -0.4 is 5.32 Å². The molecular weight excluding hydrogens is 293 g/mol. The molecule has 4 heteroatoms. The Hall–Kier alpha value is -1.51. The van der Waals surface area contributed by atoms with Gasteiger partial charge in [-0.2, -0.15) is 0 Å². The average molecular weight is 308 g/mol. The van der Waals surface area contributed by atoms with Gasteiger partial charge in [-0.05, 0) is 30.2 Å². The zero-order valence-corrected chi connectivity index (χ0v) is 12.6. The van der Waals surface area contributed by atoms with Crippen LogP contribution in [-0.2, 0) is 0 Å². The monoisotopic (exact) mass is 307 g/mol. The molecular formula is C16H15Cl2NO. The van der Waals surface area contributed by atoms with Crippen LogP contribution in [0.2, 0.25) is 5.02 Å². The lowest BCUT2D eigenvalue weighted by molar-refractivity contribution is 0.0939. The second kappa shape index (κ2) is 6.78. The van der Waals surface area contributed by atoms with E-state index in [4.69, 9.17) is 23.2 Å². The van der Waals surface area contributed by atoms with E-state index in [-0.39, 0.29) is 11.9 Å². The number of alkyl halides is 1. The van der Waals surface area contributed by atoms with Gasteiger partial charge in [-0.3, -0.25) is 4.79 Å². The van der Waals surface area contributed by atoms with Crippen molar-refractivity contribution < 1.29 is 4.79 Å². The molecule has 104 valence electrons. The van der Waals surface area contributed by atoms with Crippen LogP contribution in [0.1, 0.15) is 27.5 Å². The molecule has 2 aromatic rings. The predicted molar refractivity (Wildman–Crippen MR) is 83.6 cm³/mol. The molecule has 2 aromatic carbocycles. The second-order valence-corrected chi connectivity index (χ2v) is 5.30. The summed E-state index contributed by atoms with van der Waals surface area (Å²) in [5.74, 6) is 0.148. The van der Waals surface area contributed by atoms with Crippen molar-refractivity contribution in [3.8, 4) is 0 Å². The smallest absolute Gasteiger partial charge is 0.252 e. The predicted octanol–water partition coefficient (Wildman–Crippen LogP) is 4.36. The van der Waals surface area contributed by atoms with Crippen molar-refractivity contribution in [3.05, 3.63) is 70.2 Å². The molecule has 0 bridgehead atoms. The molecule has 1 amide bonds. The molecule has 0 aliphatic heterocycles. The summed E-state index contributed by atoms with van der Waals surface area (Å²) in [4.78, 5) is 12.3. The minimum Gasteiger partial charge on any atom is -0.344 e. The summed E-state index contributed by atoms with van der Waals surface area (Å²) in [6, 6.07) is 14.7. The van der Waals surface area contributed by atoms with E-state index in [1.807, 2.05) is 43.3 Å². The van der Waals surface area contributed by atoms with Crippen LogP contribution in [-0.4, -0.2) is 11.8 Å². The Labute approximate surface area is 128 Å². The first-order chi connectivity index (χ1) is 9.61. The molecule has 2 rings (SSSR count). The molecule has 0 spiro atoms.